The third-order valence-corrected chi connectivity index (χ3v) is 4.21. The van der Waals surface area contributed by atoms with Gasteiger partial charge in [-0.15, -0.1) is 0 Å². The first-order chi connectivity index (χ1) is 11.2. The number of Topliss-reactive ketones (excluding diaryl/α,β-unsaturated/α-hetero) is 1. The maximum atomic E-state index is 12.3. The zero-order valence-electron chi connectivity index (χ0n) is 12.4. The summed E-state index contributed by atoms with van der Waals surface area (Å²) in [5, 5.41) is 14.9. The Morgan fingerprint density at radius 3 is 2.65 bits per heavy atom. The number of nitrogens with zero attached hydrogens (tertiary/aromatic N) is 1. The monoisotopic (exact) mass is 319 g/mol. The Labute approximate surface area is 138 Å². The summed E-state index contributed by atoms with van der Waals surface area (Å²) in [6.45, 7) is 0. The van der Waals surface area contributed by atoms with Gasteiger partial charge in [0.05, 0.1) is 7.11 Å². The van der Waals surface area contributed by atoms with Crippen molar-refractivity contribution in [2.24, 2.45) is 0 Å². The zero-order chi connectivity index (χ0) is 16.2. The fraction of sp³-hybridized carbons (Fsp3) is 0.0526. The van der Waals surface area contributed by atoms with Crippen molar-refractivity contribution < 1.29 is 9.53 Å². The van der Waals surface area contributed by atoms with Crippen LogP contribution in [0.25, 0.3) is 16.8 Å². The normalized spacial score (nSPS) is 11.2. The average Bonchev–Trinajstić information content (AvgIpc) is 3.13. The number of fused-ring (bicyclic) bond motifs is 1. The largest absolute Gasteiger partial charge is 0.497 e. The number of benzene rings is 2. The molecule has 0 fully saturated rings. The molecule has 1 aromatic heterocycles. The SMILES string of the molecule is COc1ccc2cc(/C=C(/C#N)C(=O)c3ccsc3)ccc2c1. The minimum atomic E-state index is -0.247. The van der Waals surface area contributed by atoms with Crippen LogP contribution in [0.15, 0.2) is 58.8 Å². The molecule has 3 nitrogen and oxygen atoms in total. The van der Waals surface area contributed by atoms with E-state index in [1.165, 1.54) is 11.3 Å². The van der Waals surface area contributed by atoms with Crippen molar-refractivity contribution in [3.63, 3.8) is 0 Å². The standard InChI is InChI=1S/C19H13NO2S/c1-22-18-5-4-14-8-13(2-3-15(14)10-18)9-17(11-20)19(21)16-6-7-23-12-16/h2-10,12H,1H3/b17-9-. The number of ether oxygens (including phenoxy) is 1. The van der Waals surface area contributed by atoms with E-state index in [2.05, 4.69) is 0 Å². The molecule has 112 valence electrons. The molecule has 3 rings (SSSR count). The van der Waals surface area contributed by atoms with Crippen molar-refractivity contribution in [2.45, 2.75) is 0 Å². The van der Waals surface area contributed by atoms with Gasteiger partial charge < -0.3 is 4.74 Å². The number of methoxy groups -OCH3 is 1. The summed E-state index contributed by atoms with van der Waals surface area (Å²) in [5.74, 6) is 0.551. The molecule has 23 heavy (non-hydrogen) atoms. The highest BCUT2D eigenvalue weighted by molar-refractivity contribution is 7.08. The minimum Gasteiger partial charge on any atom is -0.497 e. The first kappa shape index (κ1) is 15.0. The molecule has 3 aromatic rings. The third kappa shape index (κ3) is 3.15. The number of nitriles is 1. The number of carbonyl (C=O) groups is 1. The number of rotatable bonds is 4. The lowest BCUT2D eigenvalue weighted by atomic mass is 10.0. The van der Waals surface area contributed by atoms with E-state index in [1.807, 2.05) is 47.8 Å². The van der Waals surface area contributed by atoms with Crippen molar-refractivity contribution in [2.75, 3.05) is 7.11 Å². The molecule has 0 aliphatic carbocycles. The number of hydrogen-bond acceptors (Lipinski definition) is 4. The van der Waals surface area contributed by atoms with Gasteiger partial charge in [-0.2, -0.15) is 16.6 Å². The quantitative estimate of drug-likeness (QED) is 0.398. The van der Waals surface area contributed by atoms with Crippen LogP contribution in [0.3, 0.4) is 0 Å². The molecule has 0 aliphatic heterocycles. The van der Waals surface area contributed by atoms with Crippen LogP contribution in [0.2, 0.25) is 0 Å². The molecule has 0 saturated heterocycles. The summed E-state index contributed by atoms with van der Waals surface area (Å²) in [7, 11) is 1.63. The van der Waals surface area contributed by atoms with Gasteiger partial charge in [-0.1, -0.05) is 18.2 Å². The maximum Gasteiger partial charge on any atom is 0.204 e. The van der Waals surface area contributed by atoms with Gasteiger partial charge in [-0.05, 0) is 52.1 Å². The lowest BCUT2D eigenvalue weighted by molar-refractivity contribution is 0.104. The smallest absolute Gasteiger partial charge is 0.204 e. The van der Waals surface area contributed by atoms with Gasteiger partial charge in [0.2, 0.25) is 5.78 Å². The fourth-order valence-electron chi connectivity index (χ4n) is 2.32. The maximum absolute atomic E-state index is 12.3. The van der Waals surface area contributed by atoms with E-state index in [4.69, 9.17) is 4.74 Å². The van der Waals surface area contributed by atoms with Crippen molar-refractivity contribution >= 4 is 34.0 Å². The van der Waals surface area contributed by atoms with Crippen LogP contribution in [0.5, 0.6) is 5.75 Å². The summed E-state index contributed by atoms with van der Waals surface area (Å²) in [4.78, 5) is 12.3. The Bertz CT molecular complexity index is 934. The first-order valence-electron chi connectivity index (χ1n) is 6.98. The molecule has 0 spiro atoms. The summed E-state index contributed by atoms with van der Waals surface area (Å²) in [6, 6.07) is 15.3. The van der Waals surface area contributed by atoms with E-state index in [9.17, 15) is 10.1 Å². The topological polar surface area (TPSA) is 50.1 Å². The second-order valence-electron chi connectivity index (χ2n) is 4.98. The highest BCUT2D eigenvalue weighted by Crippen LogP contribution is 2.23. The Morgan fingerprint density at radius 2 is 1.96 bits per heavy atom. The molecule has 4 heteroatoms. The van der Waals surface area contributed by atoms with Crippen molar-refractivity contribution in [3.8, 4) is 11.8 Å². The third-order valence-electron chi connectivity index (χ3n) is 3.53. The zero-order valence-corrected chi connectivity index (χ0v) is 13.3. The summed E-state index contributed by atoms with van der Waals surface area (Å²) in [5.41, 5.74) is 1.51. The molecule has 0 amide bonds. The van der Waals surface area contributed by atoms with Crippen molar-refractivity contribution in [1.82, 2.24) is 0 Å². The molecule has 0 aliphatic rings. The molecule has 0 saturated carbocycles. The van der Waals surface area contributed by atoms with E-state index in [0.717, 1.165) is 22.1 Å². The highest BCUT2D eigenvalue weighted by Gasteiger charge is 2.12. The number of thiophene rings is 1. The molecule has 0 unspecified atom stereocenters. The van der Waals surface area contributed by atoms with Crippen LogP contribution in [-0.4, -0.2) is 12.9 Å². The molecular weight excluding hydrogens is 306 g/mol. The van der Waals surface area contributed by atoms with Gasteiger partial charge in [0.15, 0.2) is 0 Å². The van der Waals surface area contributed by atoms with E-state index in [-0.39, 0.29) is 11.4 Å². The molecule has 0 N–H and O–H groups in total. The second-order valence-corrected chi connectivity index (χ2v) is 5.76. The van der Waals surface area contributed by atoms with Crippen molar-refractivity contribution in [3.05, 3.63) is 69.9 Å². The number of allylic oxidation sites excluding steroid dienone is 1. The van der Waals surface area contributed by atoms with E-state index < -0.39 is 0 Å². The first-order valence-corrected chi connectivity index (χ1v) is 7.92. The Morgan fingerprint density at radius 1 is 1.17 bits per heavy atom. The van der Waals surface area contributed by atoms with Gasteiger partial charge in [0, 0.05) is 10.9 Å². The number of ketones is 1. The Kier molecular flexibility index (Phi) is 4.22. The van der Waals surface area contributed by atoms with E-state index >= 15 is 0 Å². The predicted octanol–water partition coefficient (Wildman–Crippen LogP) is 4.70. The molecule has 1 heterocycles. The second kappa shape index (κ2) is 6.47. The van der Waals surface area contributed by atoms with Gasteiger partial charge >= 0.3 is 0 Å². The molecule has 0 atom stereocenters. The van der Waals surface area contributed by atoms with Crippen LogP contribution in [0.4, 0.5) is 0 Å². The summed E-state index contributed by atoms with van der Waals surface area (Å²) >= 11 is 1.44. The van der Waals surface area contributed by atoms with E-state index in [1.54, 1.807) is 24.6 Å². The van der Waals surface area contributed by atoms with Crippen LogP contribution in [-0.2, 0) is 0 Å². The summed E-state index contributed by atoms with van der Waals surface area (Å²) in [6.07, 6.45) is 1.63. The summed E-state index contributed by atoms with van der Waals surface area (Å²) < 4.78 is 5.21. The van der Waals surface area contributed by atoms with Gasteiger partial charge in [0.25, 0.3) is 0 Å². The van der Waals surface area contributed by atoms with E-state index in [0.29, 0.717) is 5.56 Å². The van der Waals surface area contributed by atoms with Crippen molar-refractivity contribution in [1.29, 1.82) is 5.26 Å². The van der Waals surface area contributed by atoms with Crippen LogP contribution in [0, 0.1) is 11.3 Å². The fourth-order valence-corrected chi connectivity index (χ4v) is 2.96. The lowest BCUT2D eigenvalue weighted by Gasteiger charge is -2.04. The molecular formula is C19H13NO2S. The number of hydrogen-bond donors (Lipinski definition) is 0. The van der Waals surface area contributed by atoms with Crippen LogP contribution >= 0.6 is 11.3 Å². The average molecular weight is 319 g/mol. The predicted molar refractivity (Wildman–Crippen MR) is 92.7 cm³/mol. The van der Waals surface area contributed by atoms with Gasteiger partial charge in [-0.3, -0.25) is 4.79 Å². The molecule has 2 aromatic carbocycles. The Balaban J connectivity index is 1.98. The lowest BCUT2D eigenvalue weighted by Crippen LogP contribution is -1.99. The van der Waals surface area contributed by atoms with Crippen LogP contribution in [0.1, 0.15) is 15.9 Å². The van der Waals surface area contributed by atoms with Gasteiger partial charge in [0.1, 0.15) is 17.4 Å². The minimum absolute atomic E-state index is 0.135. The molecule has 0 radical (unpaired) electrons. The molecule has 0 bridgehead atoms. The van der Waals surface area contributed by atoms with Gasteiger partial charge in [-0.25, -0.2) is 0 Å². The Hall–Kier alpha value is -2.90. The van der Waals surface area contributed by atoms with Crippen LogP contribution < -0.4 is 4.74 Å². The number of carbonyl (C=O) groups excluding carboxylic acids is 1. The highest BCUT2D eigenvalue weighted by atomic mass is 32.1.